The summed E-state index contributed by atoms with van der Waals surface area (Å²) in [7, 11) is 0. The highest BCUT2D eigenvalue weighted by Gasteiger charge is 2.59. The van der Waals surface area contributed by atoms with Gasteiger partial charge in [-0.05, 0) is 116 Å². The van der Waals surface area contributed by atoms with Gasteiger partial charge in [0.25, 0.3) is 0 Å². The average molecular weight is 852 g/mol. The Morgan fingerprint density at radius 3 is 2.10 bits per heavy atom. The van der Waals surface area contributed by atoms with Gasteiger partial charge in [0.1, 0.15) is 24.6 Å². The molecule has 1 aliphatic heterocycles. The Morgan fingerprint density at radius 2 is 1.44 bits per heavy atom. The lowest BCUT2D eigenvalue weighted by molar-refractivity contribution is -0.288. The Labute approximate surface area is 361 Å². The van der Waals surface area contributed by atoms with E-state index in [4.69, 9.17) is 33.2 Å². The maximum atomic E-state index is 13.3. The molecule has 13 atom stereocenters. The van der Waals surface area contributed by atoms with Crippen molar-refractivity contribution in [3.8, 4) is 5.75 Å². The Kier molecular flexibility index (Phi) is 14.8. The van der Waals surface area contributed by atoms with Gasteiger partial charge in [-0.15, -0.1) is 0 Å². The highest BCUT2D eigenvalue weighted by atomic mass is 16.7. The average Bonchev–Trinajstić information content (AvgIpc) is 3.54. The van der Waals surface area contributed by atoms with E-state index in [2.05, 4.69) is 46.0 Å². The van der Waals surface area contributed by atoms with Crippen molar-refractivity contribution in [2.24, 2.45) is 46.3 Å². The minimum Gasteiger partial charge on any atom is -0.463 e. The molecular formula is C48H69NO12. The SMILES string of the molecule is CC(=O)OC[C@H]1O[C@@H](Oc2ccc(NC(=O)OC3CC[C@@]4(C)C(=CC[C@H]5[C@@H]6CC[C@H]([C@H](C)CCCC(C)C)[C@@]6(C)CC[C@@H]54)C3)cc2)[C@H](OC(C)=O)[C@@H](OC(C)=O)[C@@H]1OC(C)=O. The Bertz CT molecular complexity index is 1780. The molecule has 1 amide bonds. The minimum absolute atomic E-state index is 0.147. The van der Waals surface area contributed by atoms with E-state index < -0.39 is 60.7 Å². The summed E-state index contributed by atoms with van der Waals surface area (Å²) < 4.78 is 39.7. The summed E-state index contributed by atoms with van der Waals surface area (Å²) in [5.41, 5.74) is 2.52. The standard InChI is InChI=1S/C48H69NO12/c1-27(2)11-10-12-28(3)38-19-20-39-37-18-13-33-25-36(21-23-47(33,8)40(37)22-24-48(38,39)9)60-46(54)49-34-14-16-35(17-15-34)59-45-44(58-32(7)53)43(57-31(6)52)42(56-30(5)51)41(61-45)26-55-29(4)50/h13-17,27-28,36-45H,10-12,18-26H2,1-9H3,(H,49,54)/t28-,36?,37+,38-,39+,40+,41-,42-,43+,44-,45-,47+,48-/m1/s1. The zero-order valence-electron chi connectivity index (χ0n) is 37.7. The summed E-state index contributed by atoms with van der Waals surface area (Å²) >= 11 is 0. The van der Waals surface area contributed by atoms with Gasteiger partial charge in [0.2, 0.25) is 12.4 Å². The summed E-state index contributed by atoms with van der Waals surface area (Å²) in [5.74, 6) is 2.03. The van der Waals surface area contributed by atoms with E-state index in [0.29, 0.717) is 17.0 Å². The van der Waals surface area contributed by atoms with Crippen molar-refractivity contribution in [3.63, 3.8) is 0 Å². The number of amides is 1. The van der Waals surface area contributed by atoms with Crippen LogP contribution < -0.4 is 10.1 Å². The lowest BCUT2D eigenvalue weighted by Gasteiger charge is -2.58. The van der Waals surface area contributed by atoms with Crippen LogP contribution >= 0.6 is 0 Å². The predicted octanol–water partition coefficient (Wildman–Crippen LogP) is 9.11. The van der Waals surface area contributed by atoms with Crippen LogP contribution in [0.15, 0.2) is 35.9 Å². The number of carbonyl (C=O) groups excluding carboxylic acids is 5. The van der Waals surface area contributed by atoms with E-state index >= 15 is 0 Å². The van der Waals surface area contributed by atoms with E-state index in [9.17, 15) is 24.0 Å². The normalized spacial score (nSPS) is 34.6. The second-order valence-corrected chi connectivity index (χ2v) is 19.4. The lowest BCUT2D eigenvalue weighted by Crippen LogP contribution is -2.63. The quantitative estimate of drug-likeness (QED) is 0.108. The van der Waals surface area contributed by atoms with E-state index in [1.54, 1.807) is 24.3 Å². The molecule has 4 aliphatic carbocycles. The summed E-state index contributed by atoms with van der Waals surface area (Å²) in [6, 6.07) is 6.41. The van der Waals surface area contributed by atoms with Gasteiger partial charge in [0.05, 0.1) is 0 Å². The molecule has 6 rings (SSSR count). The number of carbonyl (C=O) groups is 5. The molecule has 0 bridgehead atoms. The van der Waals surface area contributed by atoms with Crippen molar-refractivity contribution in [1.82, 2.24) is 0 Å². The molecule has 1 heterocycles. The van der Waals surface area contributed by atoms with Crippen molar-refractivity contribution in [3.05, 3.63) is 35.9 Å². The van der Waals surface area contributed by atoms with Crippen LogP contribution in [-0.4, -0.2) is 73.4 Å². The molecule has 61 heavy (non-hydrogen) atoms. The molecule has 0 radical (unpaired) electrons. The van der Waals surface area contributed by atoms with E-state index in [-0.39, 0.29) is 23.9 Å². The molecule has 1 N–H and O–H groups in total. The minimum atomic E-state index is -1.38. The molecule has 338 valence electrons. The first-order valence-corrected chi connectivity index (χ1v) is 22.6. The van der Waals surface area contributed by atoms with Crippen molar-refractivity contribution < 1.29 is 57.1 Å². The molecule has 0 spiro atoms. The third-order valence-corrected chi connectivity index (χ3v) is 14.8. The zero-order chi connectivity index (χ0) is 44.2. The first kappa shape index (κ1) is 46.4. The molecule has 1 aromatic carbocycles. The van der Waals surface area contributed by atoms with Crippen LogP contribution in [0.4, 0.5) is 10.5 Å². The maximum absolute atomic E-state index is 13.3. The van der Waals surface area contributed by atoms with Gasteiger partial charge in [-0.1, -0.05) is 65.5 Å². The highest BCUT2D eigenvalue weighted by molar-refractivity contribution is 5.84. The Hall–Kier alpha value is -4.13. The molecule has 3 saturated carbocycles. The summed E-state index contributed by atoms with van der Waals surface area (Å²) in [4.78, 5) is 61.4. The lowest BCUT2D eigenvalue weighted by atomic mass is 9.47. The molecular weight excluding hydrogens is 783 g/mol. The highest BCUT2D eigenvalue weighted by Crippen LogP contribution is 2.67. The summed E-state index contributed by atoms with van der Waals surface area (Å²) in [5, 5.41) is 2.84. The topological polar surface area (TPSA) is 162 Å². The monoisotopic (exact) mass is 851 g/mol. The number of ether oxygens (including phenoxy) is 7. The van der Waals surface area contributed by atoms with Gasteiger partial charge in [-0.25, -0.2) is 4.79 Å². The molecule has 1 unspecified atom stereocenters. The number of anilines is 1. The number of allylic oxidation sites excluding steroid dienone is 1. The Balaban J connectivity index is 1.06. The van der Waals surface area contributed by atoms with E-state index in [1.165, 1.54) is 57.4 Å². The fourth-order valence-electron chi connectivity index (χ4n) is 12.1. The first-order valence-electron chi connectivity index (χ1n) is 22.6. The van der Waals surface area contributed by atoms with Crippen LogP contribution in [0.2, 0.25) is 0 Å². The number of esters is 4. The molecule has 1 aromatic rings. The predicted molar refractivity (Wildman–Crippen MR) is 226 cm³/mol. The van der Waals surface area contributed by atoms with Gasteiger partial charge in [0, 0.05) is 39.8 Å². The van der Waals surface area contributed by atoms with Gasteiger partial charge in [-0.2, -0.15) is 0 Å². The maximum Gasteiger partial charge on any atom is 0.411 e. The number of rotatable bonds is 14. The second-order valence-electron chi connectivity index (χ2n) is 19.4. The largest absolute Gasteiger partial charge is 0.463 e. The third kappa shape index (κ3) is 10.7. The number of nitrogens with one attached hydrogen (secondary N) is 1. The van der Waals surface area contributed by atoms with Crippen molar-refractivity contribution in [1.29, 1.82) is 0 Å². The van der Waals surface area contributed by atoms with Crippen LogP contribution in [0, 0.1) is 46.3 Å². The third-order valence-electron chi connectivity index (χ3n) is 14.8. The number of hydrogen-bond donors (Lipinski definition) is 1. The fourth-order valence-corrected chi connectivity index (χ4v) is 12.1. The number of hydrogen-bond acceptors (Lipinski definition) is 12. The van der Waals surface area contributed by atoms with Gasteiger partial charge in [0.15, 0.2) is 12.2 Å². The van der Waals surface area contributed by atoms with E-state index in [1.807, 2.05) is 0 Å². The van der Waals surface area contributed by atoms with Crippen molar-refractivity contribution >= 4 is 35.7 Å². The van der Waals surface area contributed by atoms with Crippen LogP contribution in [0.1, 0.15) is 133 Å². The summed E-state index contributed by atoms with van der Waals surface area (Å²) in [6.45, 7) is 16.6. The second kappa shape index (κ2) is 19.5. The molecule has 4 fully saturated rings. The first-order chi connectivity index (χ1) is 28.9. The van der Waals surface area contributed by atoms with Crippen LogP contribution in [0.25, 0.3) is 0 Å². The molecule has 0 aromatic heterocycles. The van der Waals surface area contributed by atoms with Gasteiger partial charge >= 0.3 is 30.0 Å². The van der Waals surface area contributed by atoms with Crippen molar-refractivity contribution in [2.45, 2.75) is 170 Å². The zero-order valence-corrected chi connectivity index (χ0v) is 37.7. The molecule has 1 saturated heterocycles. The van der Waals surface area contributed by atoms with E-state index in [0.717, 1.165) is 76.0 Å². The smallest absolute Gasteiger partial charge is 0.411 e. The number of fused-ring (bicyclic) bond motifs is 5. The molecule has 13 nitrogen and oxygen atoms in total. The van der Waals surface area contributed by atoms with Crippen LogP contribution in [0.5, 0.6) is 5.75 Å². The van der Waals surface area contributed by atoms with Crippen molar-refractivity contribution in [2.75, 3.05) is 11.9 Å². The fraction of sp³-hybridized carbons (Fsp3) is 0.729. The summed E-state index contributed by atoms with van der Waals surface area (Å²) in [6.07, 6.45) is 8.33. The molecule has 13 heteroatoms. The van der Waals surface area contributed by atoms with Crippen LogP contribution in [-0.2, 0) is 47.6 Å². The Morgan fingerprint density at radius 1 is 0.770 bits per heavy atom. The molecule has 5 aliphatic rings. The van der Waals surface area contributed by atoms with Gasteiger partial charge < -0.3 is 33.2 Å². The number of benzene rings is 1. The van der Waals surface area contributed by atoms with Crippen LogP contribution in [0.3, 0.4) is 0 Å². The van der Waals surface area contributed by atoms with Gasteiger partial charge in [-0.3, -0.25) is 24.5 Å².